The smallest absolute Gasteiger partial charge is 0.384 e. The van der Waals surface area contributed by atoms with Gasteiger partial charge in [-0.2, -0.15) is 13.2 Å². The second-order valence-electron chi connectivity index (χ2n) is 5.00. The Labute approximate surface area is 120 Å². The summed E-state index contributed by atoms with van der Waals surface area (Å²) in [6.45, 7) is 5.85. The van der Waals surface area contributed by atoms with E-state index in [1.54, 1.807) is 0 Å². The average molecular weight is 305 g/mol. The standard InChI is InChI=1S/C12H18F3N5O/c1-6(2)5-17-10(21)7(3)18-9-4-8(16)19-11(20-9)12(13,14)15/h4,6-7H,5H2,1-3H3,(H,17,21)(H3,16,18,19,20). The van der Waals surface area contributed by atoms with Gasteiger partial charge in [-0.05, 0) is 12.8 Å². The third-order valence-corrected chi connectivity index (χ3v) is 2.44. The third-order valence-electron chi connectivity index (χ3n) is 2.44. The first-order valence-corrected chi connectivity index (χ1v) is 6.35. The van der Waals surface area contributed by atoms with Gasteiger partial charge in [0.2, 0.25) is 11.7 Å². The van der Waals surface area contributed by atoms with Crippen LogP contribution in [0, 0.1) is 5.92 Å². The highest BCUT2D eigenvalue weighted by molar-refractivity contribution is 5.83. The number of anilines is 2. The van der Waals surface area contributed by atoms with Crippen LogP contribution in [0.5, 0.6) is 0 Å². The van der Waals surface area contributed by atoms with Crippen molar-refractivity contribution in [2.24, 2.45) is 5.92 Å². The predicted molar refractivity (Wildman–Crippen MR) is 72.4 cm³/mol. The van der Waals surface area contributed by atoms with Crippen LogP contribution in [0.2, 0.25) is 0 Å². The lowest BCUT2D eigenvalue weighted by Gasteiger charge is -2.16. The molecule has 0 saturated heterocycles. The van der Waals surface area contributed by atoms with Crippen LogP contribution < -0.4 is 16.4 Å². The zero-order chi connectivity index (χ0) is 16.2. The van der Waals surface area contributed by atoms with Crippen LogP contribution in [-0.2, 0) is 11.0 Å². The molecule has 4 N–H and O–H groups in total. The molecule has 0 bridgehead atoms. The van der Waals surface area contributed by atoms with E-state index in [9.17, 15) is 18.0 Å². The van der Waals surface area contributed by atoms with E-state index in [0.29, 0.717) is 6.54 Å². The number of rotatable bonds is 5. The normalized spacial score (nSPS) is 13.1. The van der Waals surface area contributed by atoms with Gasteiger partial charge in [0.25, 0.3) is 0 Å². The minimum absolute atomic E-state index is 0.151. The number of amides is 1. The van der Waals surface area contributed by atoms with Crippen molar-refractivity contribution in [3.63, 3.8) is 0 Å². The number of aromatic nitrogens is 2. The summed E-state index contributed by atoms with van der Waals surface area (Å²) in [5, 5.41) is 5.24. The Balaban J connectivity index is 2.78. The lowest BCUT2D eigenvalue weighted by atomic mass is 10.2. The summed E-state index contributed by atoms with van der Waals surface area (Å²) in [5.41, 5.74) is 5.31. The van der Waals surface area contributed by atoms with Crippen molar-refractivity contribution < 1.29 is 18.0 Å². The summed E-state index contributed by atoms with van der Waals surface area (Å²) in [7, 11) is 0. The minimum atomic E-state index is -4.70. The predicted octanol–water partition coefficient (Wildman–Crippen LogP) is 1.65. The second kappa shape index (κ2) is 6.59. The molecule has 118 valence electrons. The topological polar surface area (TPSA) is 92.9 Å². The van der Waals surface area contributed by atoms with Gasteiger partial charge in [0, 0.05) is 12.6 Å². The number of halogens is 3. The van der Waals surface area contributed by atoms with E-state index in [-0.39, 0.29) is 23.5 Å². The lowest BCUT2D eigenvalue weighted by Crippen LogP contribution is -2.39. The quantitative estimate of drug-likeness (QED) is 0.769. The molecule has 0 aliphatic carbocycles. The molecule has 0 radical (unpaired) electrons. The number of nitrogens with one attached hydrogen (secondary N) is 2. The first-order chi connectivity index (χ1) is 9.59. The Kier molecular flexibility index (Phi) is 5.34. The summed E-state index contributed by atoms with van der Waals surface area (Å²) in [5.74, 6) is -1.89. The van der Waals surface area contributed by atoms with Crippen molar-refractivity contribution in [3.05, 3.63) is 11.9 Å². The van der Waals surface area contributed by atoms with Gasteiger partial charge in [-0.25, -0.2) is 9.97 Å². The van der Waals surface area contributed by atoms with Crippen molar-refractivity contribution in [3.8, 4) is 0 Å². The van der Waals surface area contributed by atoms with Gasteiger partial charge < -0.3 is 16.4 Å². The third kappa shape index (κ3) is 5.44. The van der Waals surface area contributed by atoms with Gasteiger partial charge in [-0.3, -0.25) is 4.79 Å². The molecule has 1 atom stereocenters. The van der Waals surface area contributed by atoms with E-state index in [4.69, 9.17) is 5.73 Å². The Hall–Kier alpha value is -2.06. The van der Waals surface area contributed by atoms with Crippen LogP contribution in [0.15, 0.2) is 6.07 Å². The SMILES string of the molecule is CC(C)CNC(=O)C(C)Nc1cc(N)nc(C(F)(F)F)n1. The molecule has 0 aromatic carbocycles. The fraction of sp³-hybridized carbons (Fsp3) is 0.583. The number of hydrogen-bond donors (Lipinski definition) is 3. The van der Waals surface area contributed by atoms with Crippen molar-refractivity contribution in [1.29, 1.82) is 0 Å². The largest absolute Gasteiger partial charge is 0.451 e. The number of nitrogens with zero attached hydrogens (tertiary/aromatic N) is 2. The number of nitrogens with two attached hydrogens (primary N) is 1. The monoisotopic (exact) mass is 305 g/mol. The summed E-state index contributed by atoms with van der Waals surface area (Å²) in [6, 6.07) is 0.390. The van der Waals surface area contributed by atoms with Gasteiger partial charge in [-0.1, -0.05) is 13.8 Å². The Morgan fingerprint density at radius 2 is 1.95 bits per heavy atom. The zero-order valence-corrected chi connectivity index (χ0v) is 12.0. The second-order valence-corrected chi connectivity index (χ2v) is 5.00. The maximum Gasteiger partial charge on any atom is 0.451 e. The van der Waals surface area contributed by atoms with Crippen molar-refractivity contribution in [2.75, 3.05) is 17.6 Å². The molecule has 9 heteroatoms. The molecule has 0 aliphatic heterocycles. The van der Waals surface area contributed by atoms with Crippen LogP contribution in [0.1, 0.15) is 26.6 Å². The molecule has 1 aromatic rings. The molecular weight excluding hydrogens is 287 g/mol. The fourth-order valence-electron chi connectivity index (χ4n) is 1.41. The molecule has 1 heterocycles. The van der Waals surface area contributed by atoms with Crippen molar-refractivity contribution in [2.45, 2.75) is 33.0 Å². The van der Waals surface area contributed by atoms with Gasteiger partial charge in [-0.15, -0.1) is 0 Å². The minimum Gasteiger partial charge on any atom is -0.384 e. The molecule has 0 spiro atoms. The van der Waals surface area contributed by atoms with Gasteiger partial charge >= 0.3 is 6.18 Å². The van der Waals surface area contributed by atoms with E-state index in [0.717, 1.165) is 6.07 Å². The molecule has 21 heavy (non-hydrogen) atoms. The van der Waals surface area contributed by atoms with Crippen LogP contribution in [0.3, 0.4) is 0 Å². The number of carbonyl (C=O) groups is 1. The van der Waals surface area contributed by atoms with Crippen LogP contribution in [0.25, 0.3) is 0 Å². The maximum atomic E-state index is 12.6. The van der Waals surface area contributed by atoms with Crippen molar-refractivity contribution >= 4 is 17.5 Å². The number of carbonyl (C=O) groups excluding carboxylic acids is 1. The average Bonchev–Trinajstić information content (AvgIpc) is 2.33. The highest BCUT2D eigenvalue weighted by Gasteiger charge is 2.35. The number of hydrogen-bond acceptors (Lipinski definition) is 5. The molecule has 0 aliphatic rings. The van der Waals surface area contributed by atoms with Crippen LogP contribution in [0.4, 0.5) is 24.8 Å². The summed E-state index contributed by atoms with van der Waals surface area (Å²) in [6.07, 6.45) is -4.70. The maximum absolute atomic E-state index is 12.6. The van der Waals surface area contributed by atoms with E-state index in [2.05, 4.69) is 20.6 Å². The Morgan fingerprint density at radius 1 is 1.33 bits per heavy atom. The first-order valence-electron chi connectivity index (χ1n) is 6.35. The summed E-state index contributed by atoms with van der Waals surface area (Å²) in [4.78, 5) is 18.2. The molecule has 1 aromatic heterocycles. The number of alkyl halides is 3. The van der Waals surface area contributed by atoms with Crippen LogP contribution >= 0.6 is 0 Å². The summed E-state index contributed by atoms with van der Waals surface area (Å²) < 4.78 is 37.7. The highest BCUT2D eigenvalue weighted by Crippen LogP contribution is 2.27. The van der Waals surface area contributed by atoms with Crippen LogP contribution in [-0.4, -0.2) is 28.5 Å². The van der Waals surface area contributed by atoms with Gasteiger partial charge in [0.1, 0.15) is 17.7 Å². The van der Waals surface area contributed by atoms with E-state index < -0.39 is 18.0 Å². The first kappa shape index (κ1) is 17.0. The van der Waals surface area contributed by atoms with Crippen molar-refractivity contribution in [1.82, 2.24) is 15.3 Å². The highest BCUT2D eigenvalue weighted by atomic mass is 19.4. The molecule has 6 nitrogen and oxygen atoms in total. The molecule has 1 amide bonds. The Morgan fingerprint density at radius 3 is 2.48 bits per heavy atom. The lowest BCUT2D eigenvalue weighted by molar-refractivity contribution is -0.144. The fourth-order valence-corrected chi connectivity index (χ4v) is 1.41. The molecule has 0 saturated carbocycles. The Bertz CT molecular complexity index is 504. The zero-order valence-electron chi connectivity index (χ0n) is 12.0. The summed E-state index contributed by atoms with van der Waals surface area (Å²) >= 11 is 0. The van der Waals surface area contributed by atoms with E-state index in [1.807, 2.05) is 13.8 Å². The van der Waals surface area contributed by atoms with Gasteiger partial charge in [0.05, 0.1) is 0 Å². The molecular formula is C12H18F3N5O. The molecule has 1 unspecified atom stereocenters. The molecule has 0 fully saturated rings. The molecule has 1 rings (SSSR count). The number of nitrogen functional groups attached to an aromatic ring is 1. The van der Waals surface area contributed by atoms with E-state index in [1.165, 1.54) is 6.92 Å². The van der Waals surface area contributed by atoms with E-state index >= 15 is 0 Å². The van der Waals surface area contributed by atoms with Gasteiger partial charge in [0.15, 0.2) is 0 Å².